The first-order chi connectivity index (χ1) is 7.93. The van der Waals surface area contributed by atoms with E-state index in [-0.39, 0.29) is 13.2 Å². The molecule has 0 aromatic heterocycles. The van der Waals surface area contributed by atoms with Gasteiger partial charge >= 0.3 is 6.18 Å². The summed E-state index contributed by atoms with van der Waals surface area (Å²) in [6.45, 7) is 4.03. The summed E-state index contributed by atoms with van der Waals surface area (Å²) in [7, 11) is 1.51. The maximum atomic E-state index is 12.3. The van der Waals surface area contributed by atoms with E-state index in [1.807, 2.05) is 0 Å². The van der Waals surface area contributed by atoms with Crippen molar-refractivity contribution in [1.82, 2.24) is 0 Å². The van der Waals surface area contributed by atoms with E-state index < -0.39 is 11.7 Å². The van der Waals surface area contributed by atoms with Gasteiger partial charge in [0.25, 0.3) is 0 Å². The molecule has 0 radical (unpaired) electrons. The van der Waals surface area contributed by atoms with Crippen LogP contribution in [0, 0.1) is 0 Å². The van der Waals surface area contributed by atoms with Gasteiger partial charge in [-0.15, -0.1) is 0 Å². The first kappa shape index (κ1) is 13.6. The van der Waals surface area contributed by atoms with Gasteiger partial charge in [0.05, 0.1) is 5.56 Å². The van der Waals surface area contributed by atoms with Crippen molar-refractivity contribution in [2.75, 3.05) is 13.7 Å². The maximum absolute atomic E-state index is 12.3. The minimum Gasteiger partial charge on any atom is -0.491 e. The highest BCUT2D eigenvalue weighted by molar-refractivity contribution is 5.24. The number of hydrogen-bond acceptors (Lipinski definition) is 2. The molecule has 0 aliphatic carbocycles. The molecular weight excluding hydrogens is 233 g/mol. The van der Waals surface area contributed by atoms with Crippen molar-refractivity contribution < 1.29 is 22.6 Å². The van der Waals surface area contributed by atoms with E-state index in [4.69, 9.17) is 9.47 Å². The topological polar surface area (TPSA) is 18.5 Å². The van der Waals surface area contributed by atoms with Gasteiger partial charge in [-0.3, -0.25) is 0 Å². The average Bonchev–Trinajstić information content (AvgIpc) is 2.26. The Morgan fingerprint density at radius 2 is 1.82 bits per heavy atom. The molecule has 0 saturated heterocycles. The van der Waals surface area contributed by atoms with E-state index in [0.29, 0.717) is 11.3 Å². The van der Waals surface area contributed by atoms with E-state index in [9.17, 15) is 13.2 Å². The van der Waals surface area contributed by atoms with Gasteiger partial charge in [0.15, 0.2) is 0 Å². The fourth-order valence-corrected chi connectivity index (χ4v) is 1.18. The number of methoxy groups -OCH3 is 1. The Kier molecular flexibility index (Phi) is 4.57. The van der Waals surface area contributed by atoms with Crippen molar-refractivity contribution in [3.8, 4) is 0 Å². The predicted molar refractivity (Wildman–Crippen MR) is 57.2 cm³/mol. The number of alkyl halides is 3. The van der Waals surface area contributed by atoms with Gasteiger partial charge in [0.1, 0.15) is 19.0 Å². The standard InChI is InChI=1S/C12H13F3O2/c1-9(7-16-2)17-8-10-3-5-11(6-4-10)12(13,14)15/h3-6H,1,7-8H2,2H3. The third-order valence-corrected chi connectivity index (χ3v) is 2.03. The smallest absolute Gasteiger partial charge is 0.416 e. The average molecular weight is 246 g/mol. The van der Waals surface area contributed by atoms with E-state index in [1.165, 1.54) is 19.2 Å². The molecule has 0 unspecified atom stereocenters. The molecule has 5 heteroatoms. The molecule has 17 heavy (non-hydrogen) atoms. The van der Waals surface area contributed by atoms with Gasteiger partial charge in [-0.1, -0.05) is 18.7 Å². The van der Waals surface area contributed by atoms with Gasteiger partial charge in [-0.25, -0.2) is 0 Å². The Morgan fingerprint density at radius 1 is 1.24 bits per heavy atom. The molecule has 2 nitrogen and oxygen atoms in total. The van der Waals surface area contributed by atoms with Crippen LogP contribution in [-0.4, -0.2) is 13.7 Å². The summed E-state index contributed by atoms with van der Waals surface area (Å²) in [6, 6.07) is 4.81. The molecule has 1 aromatic rings. The van der Waals surface area contributed by atoms with Crippen molar-refractivity contribution in [2.24, 2.45) is 0 Å². The minimum atomic E-state index is -4.31. The highest BCUT2D eigenvalue weighted by Crippen LogP contribution is 2.29. The van der Waals surface area contributed by atoms with Crippen LogP contribution in [0.5, 0.6) is 0 Å². The van der Waals surface area contributed by atoms with E-state index in [1.54, 1.807) is 0 Å². The molecule has 0 amide bonds. The Balaban J connectivity index is 2.54. The SMILES string of the molecule is C=C(COC)OCc1ccc(C(F)(F)F)cc1. The van der Waals surface area contributed by atoms with Crippen molar-refractivity contribution in [1.29, 1.82) is 0 Å². The number of benzene rings is 1. The van der Waals surface area contributed by atoms with Crippen LogP contribution in [0.25, 0.3) is 0 Å². The summed E-state index contributed by atoms with van der Waals surface area (Å²) in [5.41, 5.74) is -0.0211. The van der Waals surface area contributed by atoms with Gasteiger partial charge in [0.2, 0.25) is 0 Å². The van der Waals surface area contributed by atoms with E-state index in [0.717, 1.165) is 12.1 Å². The summed E-state index contributed by atoms with van der Waals surface area (Å²) in [5, 5.41) is 0. The van der Waals surface area contributed by atoms with Crippen molar-refractivity contribution in [2.45, 2.75) is 12.8 Å². The maximum Gasteiger partial charge on any atom is 0.416 e. The summed E-state index contributed by atoms with van der Waals surface area (Å²) >= 11 is 0. The number of hydrogen-bond donors (Lipinski definition) is 0. The van der Waals surface area contributed by atoms with E-state index in [2.05, 4.69) is 6.58 Å². The summed E-state index contributed by atoms with van der Waals surface area (Å²) in [4.78, 5) is 0. The van der Waals surface area contributed by atoms with Crippen molar-refractivity contribution >= 4 is 0 Å². The van der Waals surface area contributed by atoms with Crippen LogP contribution in [0.3, 0.4) is 0 Å². The molecule has 1 aromatic carbocycles. The van der Waals surface area contributed by atoms with Crippen molar-refractivity contribution in [3.05, 3.63) is 47.7 Å². The van der Waals surface area contributed by atoms with Crippen LogP contribution in [0.15, 0.2) is 36.6 Å². The van der Waals surface area contributed by atoms with Gasteiger partial charge in [0, 0.05) is 7.11 Å². The second kappa shape index (κ2) is 5.72. The summed E-state index contributed by atoms with van der Waals surface area (Å²) < 4.78 is 46.8. The zero-order valence-corrected chi connectivity index (χ0v) is 9.38. The number of rotatable bonds is 5. The predicted octanol–water partition coefficient (Wildman–Crippen LogP) is 3.38. The molecule has 0 fully saturated rings. The molecule has 1 rings (SSSR count). The lowest BCUT2D eigenvalue weighted by Crippen LogP contribution is -2.05. The number of ether oxygens (including phenoxy) is 2. The van der Waals surface area contributed by atoms with Crippen LogP contribution in [0.2, 0.25) is 0 Å². The molecule has 0 bridgehead atoms. The van der Waals surface area contributed by atoms with E-state index >= 15 is 0 Å². The summed E-state index contributed by atoms with van der Waals surface area (Å²) in [5.74, 6) is 0.437. The van der Waals surface area contributed by atoms with Crippen LogP contribution < -0.4 is 0 Å². The lowest BCUT2D eigenvalue weighted by molar-refractivity contribution is -0.137. The highest BCUT2D eigenvalue weighted by Gasteiger charge is 2.29. The zero-order valence-electron chi connectivity index (χ0n) is 9.38. The first-order valence-corrected chi connectivity index (χ1v) is 4.89. The van der Waals surface area contributed by atoms with Crippen LogP contribution in [0.4, 0.5) is 13.2 Å². The zero-order chi connectivity index (χ0) is 12.9. The normalized spacial score (nSPS) is 11.3. The van der Waals surface area contributed by atoms with Crippen LogP contribution in [-0.2, 0) is 22.3 Å². The van der Waals surface area contributed by atoms with Gasteiger partial charge in [-0.05, 0) is 17.7 Å². The van der Waals surface area contributed by atoms with Gasteiger partial charge in [-0.2, -0.15) is 13.2 Å². The van der Waals surface area contributed by atoms with Crippen molar-refractivity contribution in [3.63, 3.8) is 0 Å². The minimum absolute atomic E-state index is 0.181. The Labute approximate surface area is 97.7 Å². The lowest BCUT2D eigenvalue weighted by Gasteiger charge is -2.10. The Bertz CT molecular complexity index is 368. The van der Waals surface area contributed by atoms with Gasteiger partial charge < -0.3 is 9.47 Å². The largest absolute Gasteiger partial charge is 0.491 e. The Morgan fingerprint density at radius 3 is 2.29 bits per heavy atom. The highest BCUT2D eigenvalue weighted by atomic mass is 19.4. The first-order valence-electron chi connectivity index (χ1n) is 4.89. The third-order valence-electron chi connectivity index (χ3n) is 2.03. The molecule has 0 aliphatic heterocycles. The third kappa shape index (κ3) is 4.48. The molecule has 94 valence electrons. The van der Waals surface area contributed by atoms with Crippen LogP contribution >= 0.6 is 0 Å². The quantitative estimate of drug-likeness (QED) is 0.741. The second-order valence-electron chi connectivity index (χ2n) is 3.46. The summed E-state index contributed by atoms with van der Waals surface area (Å²) in [6.07, 6.45) is -4.31. The molecule has 0 heterocycles. The Hall–Kier alpha value is -1.49. The lowest BCUT2D eigenvalue weighted by atomic mass is 10.1. The fraction of sp³-hybridized carbons (Fsp3) is 0.333. The monoisotopic (exact) mass is 246 g/mol. The van der Waals surface area contributed by atoms with Crippen LogP contribution in [0.1, 0.15) is 11.1 Å². The molecule has 0 saturated carbocycles. The molecule has 0 atom stereocenters. The molecule has 0 N–H and O–H groups in total. The molecule has 0 spiro atoms. The molecule has 0 aliphatic rings. The molecular formula is C12H13F3O2. The number of halogens is 3. The fourth-order valence-electron chi connectivity index (χ4n) is 1.18. The second-order valence-corrected chi connectivity index (χ2v) is 3.46.